The Bertz CT molecular complexity index is 832. The molecule has 0 bridgehead atoms. The molecule has 0 fully saturated rings. The number of benzene rings is 3. The van der Waals surface area contributed by atoms with Crippen molar-refractivity contribution < 1.29 is 5.11 Å². The standard InChI is InChI=1S/C26H32N2O/c1-26(2,3)24-14-22(18-27-16-20-10-6-4-7-11-20)25(29)23(15-24)19-28-17-21-12-8-5-9-13-21/h4-15,27-29H,16-19H2,1-3H3. The number of aromatic hydroxyl groups is 1. The van der Waals surface area contributed by atoms with Crippen LogP contribution in [0.1, 0.15) is 48.6 Å². The van der Waals surface area contributed by atoms with Gasteiger partial charge in [0.15, 0.2) is 0 Å². The van der Waals surface area contributed by atoms with E-state index in [0.29, 0.717) is 18.8 Å². The lowest BCUT2D eigenvalue weighted by Gasteiger charge is -2.23. The van der Waals surface area contributed by atoms with Crippen LogP contribution in [0.15, 0.2) is 72.8 Å². The highest BCUT2D eigenvalue weighted by Crippen LogP contribution is 2.31. The van der Waals surface area contributed by atoms with Gasteiger partial charge in [-0.05, 0) is 22.1 Å². The van der Waals surface area contributed by atoms with Gasteiger partial charge in [-0.15, -0.1) is 0 Å². The van der Waals surface area contributed by atoms with Gasteiger partial charge in [0.05, 0.1) is 0 Å². The Labute approximate surface area is 174 Å². The molecular weight excluding hydrogens is 356 g/mol. The Hall–Kier alpha value is -2.62. The summed E-state index contributed by atoms with van der Waals surface area (Å²) in [5.74, 6) is 0.388. The third kappa shape index (κ3) is 6.18. The van der Waals surface area contributed by atoms with E-state index in [1.165, 1.54) is 16.7 Å². The predicted molar refractivity (Wildman–Crippen MR) is 121 cm³/mol. The maximum Gasteiger partial charge on any atom is 0.124 e. The minimum absolute atomic E-state index is 0.0239. The molecule has 3 aromatic rings. The van der Waals surface area contributed by atoms with Crippen LogP contribution in [-0.2, 0) is 31.6 Å². The van der Waals surface area contributed by atoms with Gasteiger partial charge in [-0.25, -0.2) is 0 Å². The summed E-state index contributed by atoms with van der Waals surface area (Å²) in [6, 6.07) is 24.9. The second-order valence-corrected chi connectivity index (χ2v) is 8.57. The number of rotatable bonds is 8. The van der Waals surface area contributed by atoms with E-state index in [1.807, 2.05) is 36.4 Å². The van der Waals surface area contributed by atoms with Gasteiger partial charge in [-0.1, -0.05) is 93.6 Å². The molecule has 0 amide bonds. The number of nitrogens with one attached hydrogen (secondary N) is 2. The molecule has 0 saturated carbocycles. The van der Waals surface area contributed by atoms with Crippen LogP contribution in [-0.4, -0.2) is 5.11 Å². The van der Waals surface area contributed by atoms with Gasteiger partial charge in [0.25, 0.3) is 0 Å². The monoisotopic (exact) mass is 388 g/mol. The van der Waals surface area contributed by atoms with Crippen molar-refractivity contribution in [2.45, 2.75) is 52.4 Å². The molecule has 3 N–H and O–H groups in total. The minimum atomic E-state index is 0.0239. The lowest BCUT2D eigenvalue weighted by molar-refractivity contribution is 0.451. The van der Waals surface area contributed by atoms with E-state index in [1.54, 1.807) is 0 Å². The smallest absolute Gasteiger partial charge is 0.124 e. The van der Waals surface area contributed by atoms with Crippen molar-refractivity contribution >= 4 is 0 Å². The fraction of sp³-hybridized carbons (Fsp3) is 0.308. The molecule has 0 radical (unpaired) electrons. The first-order chi connectivity index (χ1) is 13.9. The molecule has 0 saturated heterocycles. The second kappa shape index (κ2) is 9.73. The fourth-order valence-corrected chi connectivity index (χ4v) is 3.34. The summed E-state index contributed by atoms with van der Waals surface area (Å²) in [7, 11) is 0. The molecule has 0 aromatic heterocycles. The van der Waals surface area contributed by atoms with E-state index in [-0.39, 0.29) is 5.41 Å². The topological polar surface area (TPSA) is 44.3 Å². The van der Waals surface area contributed by atoms with E-state index in [4.69, 9.17) is 0 Å². The molecule has 0 atom stereocenters. The average Bonchev–Trinajstić information content (AvgIpc) is 2.71. The number of hydrogen-bond donors (Lipinski definition) is 3. The highest BCUT2D eigenvalue weighted by molar-refractivity contribution is 5.45. The molecule has 3 nitrogen and oxygen atoms in total. The summed E-state index contributed by atoms with van der Waals surface area (Å²) >= 11 is 0. The van der Waals surface area contributed by atoms with Crippen molar-refractivity contribution in [3.63, 3.8) is 0 Å². The molecule has 0 aliphatic rings. The number of hydrogen-bond acceptors (Lipinski definition) is 3. The molecule has 3 rings (SSSR count). The number of phenols is 1. The predicted octanol–water partition coefficient (Wildman–Crippen LogP) is 5.27. The maximum absolute atomic E-state index is 10.9. The molecule has 152 valence electrons. The van der Waals surface area contributed by atoms with E-state index in [2.05, 4.69) is 67.8 Å². The van der Waals surface area contributed by atoms with Crippen molar-refractivity contribution in [2.75, 3.05) is 0 Å². The summed E-state index contributed by atoms with van der Waals surface area (Å²) in [6.45, 7) is 9.46. The normalized spacial score (nSPS) is 11.6. The highest BCUT2D eigenvalue weighted by atomic mass is 16.3. The molecule has 0 spiro atoms. The first-order valence-electron chi connectivity index (χ1n) is 10.3. The first kappa shape index (κ1) is 21.1. The summed E-state index contributed by atoms with van der Waals surface area (Å²) in [4.78, 5) is 0. The Morgan fingerprint density at radius 1 is 0.655 bits per heavy atom. The largest absolute Gasteiger partial charge is 0.507 e. The van der Waals surface area contributed by atoms with Crippen molar-refractivity contribution in [3.05, 3.63) is 101 Å². The summed E-state index contributed by atoms with van der Waals surface area (Å²) < 4.78 is 0. The van der Waals surface area contributed by atoms with Crippen LogP contribution in [0.4, 0.5) is 0 Å². The Kier molecular flexibility index (Phi) is 7.08. The Morgan fingerprint density at radius 3 is 1.45 bits per heavy atom. The van der Waals surface area contributed by atoms with E-state index < -0.39 is 0 Å². The molecule has 0 aliphatic heterocycles. The van der Waals surface area contributed by atoms with Crippen LogP contribution in [0.3, 0.4) is 0 Å². The van der Waals surface area contributed by atoms with E-state index >= 15 is 0 Å². The first-order valence-corrected chi connectivity index (χ1v) is 10.3. The van der Waals surface area contributed by atoms with Crippen LogP contribution in [0.25, 0.3) is 0 Å². The maximum atomic E-state index is 10.9. The van der Waals surface area contributed by atoms with Gasteiger partial charge in [0.2, 0.25) is 0 Å². The van der Waals surface area contributed by atoms with E-state index in [9.17, 15) is 5.11 Å². The third-order valence-electron chi connectivity index (χ3n) is 5.11. The zero-order valence-electron chi connectivity index (χ0n) is 17.7. The SMILES string of the molecule is CC(C)(C)c1cc(CNCc2ccccc2)c(O)c(CNCc2ccccc2)c1. The third-order valence-corrected chi connectivity index (χ3v) is 5.11. The fourth-order valence-electron chi connectivity index (χ4n) is 3.34. The molecule has 3 heteroatoms. The Balaban J connectivity index is 1.71. The van der Waals surface area contributed by atoms with Crippen LogP contribution in [0.5, 0.6) is 5.75 Å². The summed E-state index contributed by atoms with van der Waals surface area (Å²) in [5.41, 5.74) is 5.64. The molecule has 3 aromatic carbocycles. The minimum Gasteiger partial charge on any atom is -0.507 e. The van der Waals surface area contributed by atoms with Crippen molar-refractivity contribution in [2.24, 2.45) is 0 Å². The van der Waals surface area contributed by atoms with Crippen LogP contribution in [0.2, 0.25) is 0 Å². The van der Waals surface area contributed by atoms with Crippen LogP contribution in [0, 0.1) is 0 Å². The van der Waals surface area contributed by atoms with Crippen LogP contribution < -0.4 is 10.6 Å². The second-order valence-electron chi connectivity index (χ2n) is 8.57. The lowest BCUT2D eigenvalue weighted by Crippen LogP contribution is -2.18. The van der Waals surface area contributed by atoms with Crippen molar-refractivity contribution in [1.82, 2.24) is 10.6 Å². The lowest BCUT2D eigenvalue weighted by atomic mass is 9.84. The molecule has 0 heterocycles. The van der Waals surface area contributed by atoms with E-state index in [0.717, 1.165) is 24.2 Å². The molecule has 29 heavy (non-hydrogen) atoms. The number of phenolic OH excluding ortho intramolecular Hbond substituents is 1. The van der Waals surface area contributed by atoms with Gasteiger partial charge in [-0.2, -0.15) is 0 Å². The average molecular weight is 389 g/mol. The van der Waals surface area contributed by atoms with Gasteiger partial charge >= 0.3 is 0 Å². The van der Waals surface area contributed by atoms with Gasteiger partial charge in [-0.3, -0.25) is 0 Å². The molecular formula is C26H32N2O. The summed E-state index contributed by atoms with van der Waals surface area (Å²) in [6.07, 6.45) is 0. The van der Waals surface area contributed by atoms with Crippen LogP contribution >= 0.6 is 0 Å². The molecule has 0 aliphatic carbocycles. The zero-order valence-corrected chi connectivity index (χ0v) is 17.7. The van der Waals surface area contributed by atoms with Gasteiger partial charge in [0.1, 0.15) is 5.75 Å². The highest BCUT2D eigenvalue weighted by Gasteiger charge is 2.18. The van der Waals surface area contributed by atoms with Crippen molar-refractivity contribution in [3.8, 4) is 5.75 Å². The zero-order chi connectivity index (χ0) is 20.7. The summed E-state index contributed by atoms with van der Waals surface area (Å²) in [5, 5.41) is 17.8. The van der Waals surface area contributed by atoms with Crippen molar-refractivity contribution in [1.29, 1.82) is 0 Å². The van der Waals surface area contributed by atoms with Gasteiger partial charge in [0, 0.05) is 37.3 Å². The quantitative estimate of drug-likeness (QED) is 0.493. The van der Waals surface area contributed by atoms with Gasteiger partial charge < -0.3 is 15.7 Å². The molecule has 0 unspecified atom stereocenters. The Morgan fingerprint density at radius 2 is 1.07 bits per heavy atom.